The number of aromatic nitrogens is 3. The number of hydrogen-bond donors (Lipinski definition) is 2. The molecule has 9 rings (SSSR count). The van der Waals surface area contributed by atoms with Gasteiger partial charge in [-0.1, -0.05) is 68.8 Å². The lowest BCUT2D eigenvalue weighted by Crippen LogP contribution is -2.47. The number of ether oxygens (including phenoxy) is 3. The normalized spacial score (nSPS) is 17.6. The number of aryl methyl sites for hydroxylation is 7. The van der Waals surface area contributed by atoms with E-state index in [1.54, 1.807) is 10.2 Å². The van der Waals surface area contributed by atoms with Gasteiger partial charge in [0.05, 0.1) is 59.2 Å². The van der Waals surface area contributed by atoms with Gasteiger partial charge in [-0.05, 0) is 134 Å². The number of carbonyl (C=O) groups is 4. The Bertz CT molecular complexity index is 3250. The number of piperidine rings is 1. The van der Waals surface area contributed by atoms with E-state index in [1.165, 1.54) is 16.2 Å². The third kappa shape index (κ3) is 14.2. The zero-order valence-electron chi connectivity index (χ0n) is 47.6. The van der Waals surface area contributed by atoms with Crippen molar-refractivity contribution in [3.8, 4) is 50.1 Å². The molecule has 0 radical (unpaired) electrons. The highest BCUT2D eigenvalue weighted by atomic mass is 35.5. The topological polar surface area (TPSA) is 174 Å². The molecule has 0 bridgehead atoms. The van der Waals surface area contributed by atoms with E-state index in [0.717, 1.165) is 78.6 Å². The summed E-state index contributed by atoms with van der Waals surface area (Å²) in [6.07, 6.45) is 2.75. The largest absolute Gasteiger partial charge is 0.507 e. The minimum absolute atomic E-state index is 0.0200. The predicted molar refractivity (Wildman–Crippen MR) is 313 cm³/mol. The molecule has 3 fully saturated rings. The van der Waals surface area contributed by atoms with Crippen LogP contribution in [0.25, 0.3) is 32.8 Å². The van der Waals surface area contributed by atoms with Crippen LogP contribution >= 0.6 is 22.9 Å². The van der Waals surface area contributed by atoms with Gasteiger partial charge in [0, 0.05) is 80.9 Å². The summed E-state index contributed by atoms with van der Waals surface area (Å²) in [5.41, 5.74) is 9.06. The lowest BCUT2D eigenvalue weighted by Gasteiger charge is -2.35. The van der Waals surface area contributed by atoms with E-state index in [2.05, 4.69) is 28.3 Å². The molecule has 0 spiro atoms. The van der Waals surface area contributed by atoms with Gasteiger partial charge in [-0.2, -0.15) is 5.10 Å². The fraction of sp³-hybridized carbons (Fsp3) is 0.469. The maximum atomic E-state index is 14.8. The van der Waals surface area contributed by atoms with Crippen LogP contribution in [0.2, 0.25) is 5.02 Å². The lowest BCUT2D eigenvalue weighted by atomic mass is 9.76. The molecule has 2 amide bonds. The van der Waals surface area contributed by atoms with Crippen LogP contribution in [0, 0.1) is 32.1 Å². The van der Waals surface area contributed by atoms with Crippen LogP contribution in [0.3, 0.4) is 0 Å². The van der Waals surface area contributed by atoms with Crippen LogP contribution < -0.4 is 9.47 Å². The maximum Gasteiger partial charge on any atom is 0.227 e. The molecule has 17 heteroatoms. The fourth-order valence-electron chi connectivity index (χ4n) is 11.2. The average molecular weight is 1140 g/mol. The number of Topliss-reactive ketones (excluding diaryl/α,β-unsaturated/α-hetero) is 2. The molecule has 430 valence electrons. The molecule has 1 saturated carbocycles. The monoisotopic (exact) mass is 1140 g/mol. The van der Waals surface area contributed by atoms with Crippen molar-refractivity contribution < 1.29 is 48.0 Å². The van der Waals surface area contributed by atoms with Gasteiger partial charge >= 0.3 is 0 Å². The molecule has 6 aromatic rings. The van der Waals surface area contributed by atoms with Crippen molar-refractivity contribution in [2.24, 2.45) is 18.4 Å². The number of aromatic hydroxyl groups is 1. The number of phenolic OH excluding ortho intramolecular Hbond substituents is 1. The molecule has 0 unspecified atom stereocenters. The lowest BCUT2D eigenvalue weighted by molar-refractivity contribution is -0.146. The van der Waals surface area contributed by atoms with Crippen molar-refractivity contribution >= 4 is 46.3 Å². The molecule has 2 saturated heterocycles. The molecule has 2 aromatic heterocycles. The first-order valence-electron chi connectivity index (χ1n) is 28.3. The van der Waals surface area contributed by atoms with Gasteiger partial charge in [0.15, 0.2) is 17.2 Å². The fourth-order valence-corrected chi connectivity index (χ4v) is 12.1. The van der Waals surface area contributed by atoms with Gasteiger partial charge in [-0.25, -0.2) is 9.37 Å². The van der Waals surface area contributed by atoms with Crippen LogP contribution in [0.1, 0.15) is 106 Å². The summed E-state index contributed by atoms with van der Waals surface area (Å²) in [4.78, 5) is 62.9. The van der Waals surface area contributed by atoms with Gasteiger partial charge in [0.2, 0.25) is 11.8 Å². The van der Waals surface area contributed by atoms with E-state index < -0.39 is 40.8 Å². The number of carbonyl (C=O) groups excluding carboxylic acids is 4. The number of amides is 2. The quantitative estimate of drug-likeness (QED) is 0.0585. The molecule has 4 aromatic carbocycles. The summed E-state index contributed by atoms with van der Waals surface area (Å²) < 4.78 is 35.2. The molecule has 4 heterocycles. The maximum absolute atomic E-state index is 14.8. The second kappa shape index (κ2) is 25.4. The third-order valence-electron chi connectivity index (χ3n) is 16.2. The summed E-state index contributed by atoms with van der Waals surface area (Å²) in [5, 5.41) is 27.7. The average Bonchev–Trinajstić information content (AvgIpc) is 3.74. The van der Waals surface area contributed by atoms with Gasteiger partial charge in [0.1, 0.15) is 30.0 Å². The number of hydrogen-bond acceptors (Lipinski definition) is 12. The first-order valence-corrected chi connectivity index (χ1v) is 29.5. The van der Waals surface area contributed by atoms with E-state index in [1.807, 2.05) is 114 Å². The van der Waals surface area contributed by atoms with Crippen molar-refractivity contribution in [1.29, 1.82) is 0 Å². The van der Waals surface area contributed by atoms with Crippen molar-refractivity contribution in [2.75, 3.05) is 39.5 Å². The Morgan fingerprint density at radius 2 is 1.60 bits per heavy atom. The van der Waals surface area contributed by atoms with Crippen LogP contribution in [-0.2, 0) is 50.2 Å². The molecule has 2 aliphatic heterocycles. The molecular weight excluding hydrogens is 1070 g/mol. The van der Waals surface area contributed by atoms with E-state index in [4.69, 9.17) is 25.8 Å². The second-order valence-electron chi connectivity index (χ2n) is 23.3. The Labute approximate surface area is 483 Å². The standard InChI is InChI=1S/C64H75ClFN5O9S/c1-39-32-45(15-20-52(39)65)59-44(14-19-50(60(59)76)53-33-40(2)68-69(53)7)11-8-42-9-17-48(18-10-42)80-49-22-27-70(28-23-49)58(75)24-29-78-30-31-79-56-34-46(61-41(3)67-38-81-61)13-12-43(56)16-21-55(73)54-35-47(72)37-71(54)62(77)51(63(4,5)6)36-57(74)64(66)25-26-64/h9-10,12-15,17-20,32-34,38,47,49,51,54,72,76H,8,11,16,21-31,35-37H2,1-7H3/t47-,51-,54+/m1/s1. The number of aliphatic hydroxyl groups is 1. The number of rotatable bonds is 23. The van der Waals surface area contributed by atoms with Crippen molar-refractivity contribution in [1.82, 2.24) is 24.6 Å². The highest BCUT2D eigenvalue weighted by Gasteiger charge is 2.53. The number of thiazole rings is 1. The number of halogens is 2. The summed E-state index contributed by atoms with van der Waals surface area (Å²) in [6.45, 7) is 13.1. The highest BCUT2D eigenvalue weighted by Crippen LogP contribution is 2.45. The molecule has 3 aliphatic rings. The molecule has 81 heavy (non-hydrogen) atoms. The number of ketones is 2. The Kier molecular flexibility index (Phi) is 18.5. The van der Waals surface area contributed by atoms with Gasteiger partial charge in [-0.15, -0.1) is 11.3 Å². The molecule has 2 N–H and O–H groups in total. The zero-order chi connectivity index (χ0) is 57.8. The van der Waals surface area contributed by atoms with Gasteiger partial charge in [-0.3, -0.25) is 23.9 Å². The Morgan fingerprint density at radius 1 is 0.877 bits per heavy atom. The first kappa shape index (κ1) is 59.2. The number of nitrogens with zero attached hydrogens (tertiary/aromatic N) is 5. The Morgan fingerprint density at radius 3 is 2.27 bits per heavy atom. The van der Waals surface area contributed by atoms with E-state index >= 15 is 0 Å². The van der Waals surface area contributed by atoms with Crippen molar-refractivity contribution in [3.63, 3.8) is 0 Å². The number of benzene rings is 4. The highest BCUT2D eigenvalue weighted by molar-refractivity contribution is 7.13. The van der Waals surface area contributed by atoms with Crippen molar-refractivity contribution in [3.05, 3.63) is 123 Å². The van der Waals surface area contributed by atoms with Crippen LogP contribution in [0.4, 0.5) is 4.39 Å². The number of aliphatic hydroxyl groups excluding tert-OH is 1. The molecule has 1 aliphatic carbocycles. The first-order chi connectivity index (χ1) is 38.6. The minimum Gasteiger partial charge on any atom is -0.507 e. The molecule has 3 atom stereocenters. The number of β-amino-alcohol motifs (C(OH)–C–C–N with tert-alkyl or cyclic N) is 1. The third-order valence-corrected chi connectivity index (χ3v) is 17.6. The van der Waals surface area contributed by atoms with E-state index in [-0.39, 0.29) is 88.4 Å². The van der Waals surface area contributed by atoms with E-state index in [0.29, 0.717) is 49.5 Å². The number of alkyl halides is 1. The summed E-state index contributed by atoms with van der Waals surface area (Å²) in [7, 11) is 1.88. The summed E-state index contributed by atoms with van der Waals surface area (Å²) in [5.74, 6) is -0.439. The number of phenols is 1. The Balaban J connectivity index is 0.727. The zero-order valence-corrected chi connectivity index (χ0v) is 49.1. The second-order valence-corrected chi connectivity index (χ2v) is 24.5. The summed E-state index contributed by atoms with van der Waals surface area (Å²) >= 11 is 7.93. The Hall–Kier alpha value is -6.46. The molecular formula is C64H75ClFN5O9S. The van der Waals surface area contributed by atoms with Gasteiger partial charge < -0.3 is 34.2 Å². The SMILES string of the molecule is Cc1cc(-c2ccc(CCc3ccc(OC4CCN(C(=O)CCOCCOc5cc(-c6scnc6C)ccc5CCC(=O)[C@@H]5C[C@@H](O)CN5C(=O)[C@@H](CC(=O)C5(F)CC5)C(C)(C)C)CC4)cc3)c(-c3ccc(Cl)c(C)c3)c2O)n(C)n1. The molecule has 14 nitrogen and oxygen atoms in total. The van der Waals surface area contributed by atoms with E-state index in [9.17, 15) is 33.8 Å². The smallest absolute Gasteiger partial charge is 0.227 e. The van der Waals surface area contributed by atoms with Crippen molar-refractivity contribution in [2.45, 2.75) is 136 Å². The summed E-state index contributed by atoms with van der Waals surface area (Å²) in [6, 6.07) is 25.0. The van der Waals surface area contributed by atoms with Crippen LogP contribution in [0.15, 0.2) is 84.4 Å². The van der Waals surface area contributed by atoms with Crippen LogP contribution in [-0.4, -0.2) is 122 Å². The minimum atomic E-state index is -1.86. The van der Waals surface area contributed by atoms with Gasteiger partial charge in [0.25, 0.3) is 0 Å². The predicted octanol–water partition coefficient (Wildman–Crippen LogP) is 11.4. The number of likely N-dealkylation sites (tertiary alicyclic amines) is 2. The van der Waals surface area contributed by atoms with Crippen LogP contribution in [0.5, 0.6) is 17.2 Å².